The predicted octanol–water partition coefficient (Wildman–Crippen LogP) is -1.41. The van der Waals surface area contributed by atoms with Crippen LogP contribution >= 0.6 is 0 Å². The van der Waals surface area contributed by atoms with E-state index in [-0.39, 0.29) is 30.8 Å². The number of amides is 2. The standard InChI is InChI=1S/C19H26N6O6/c1-24(21)15(12-20)18(29)22-13(6-3-4-8-16(27)31-2)17(28)23-14-7-5-9-25(10-11-26)19(14)30/h4-5,7-9,11-13H,3,6,10,20-21H2,1-2H3,(H,22,29)(H,23,28)/b8-4+,15-12-. The molecule has 0 aliphatic rings. The molecule has 0 fully saturated rings. The van der Waals surface area contributed by atoms with Gasteiger partial charge in [0.15, 0.2) is 0 Å². The minimum absolute atomic E-state index is 0.0655. The zero-order chi connectivity index (χ0) is 23.4. The molecule has 0 spiro atoms. The summed E-state index contributed by atoms with van der Waals surface area (Å²) in [4.78, 5) is 59.4. The van der Waals surface area contributed by atoms with Crippen LogP contribution in [0.25, 0.3) is 0 Å². The molecule has 1 heterocycles. The van der Waals surface area contributed by atoms with Crippen molar-refractivity contribution in [3.05, 3.63) is 52.7 Å². The summed E-state index contributed by atoms with van der Waals surface area (Å²) in [5, 5.41) is 5.92. The van der Waals surface area contributed by atoms with Crippen LogP contribution in [0.5, 0.6) is 0 Å². The number of hydrazine groups is 1. The Bertz CT molecular complexity index is 921. The average Bonchev–Trinajstić information content (AvgIpc) is 2.73. The van der Waals surface area contributed by atoms with Crippen LogP contribution in [0, 0.1) is 0 Å². The number of allylic oxidation sites excluding steroid dienone is 1. The maximum absolute atomic E-state index is 12.8. The molecule has 1 aromatic heterocycles. The van der Waals surface area contributed by atoms with Crippen LogP contribution in [0.3, 0.4) is 0 Å². The Morgan fingerprint density at radius 2 is 2.06 bits per heavy atom. The molecule has 168 valence electrons. The van der Waals surface area contributed by atoms with Crippen molar-refractivity contribution in [3.63, 3.8) is 0 Å². The Labute approximate surface area is 178 Å². The Morgan fingerprint density at radius 3 is 2.65 bits per heavy atom. The SMILES string of the molecule is COC(=O)/C=C/CCC(NC(=O)/C(=C/N)N(C)N)C(=O)Nc1cccn(CC=O)c1=O. The first-order chi connectivity index (χ1) is 14.7. The number of esters is 1. The summed E-state index contributed by atoms with van der Waals surface area (Å²) in [6.07, 6.45) is 5.92. The lowest BCUT2D eigenvalue weighted by molar-refractivity contribution is -0.134. The van der Waals surface area contributed by atoms with E-state index in [0.29, 0.717) is 6.29 Å². The molecule has 0 saturated carbocycles. The van der Waals surface area contributed by atoms with Gasteiger partial charge in [-0.3, -0.25) is 14.4 Å². The van der Waals surface area contributed by atoms with E-state index in [1.54, 1.807) is 0 Å². The summed E-state index contributed by atoms with van der Waals surface area (Å²) in [6.45, 7) is -0.172. The number of nitrogens with one attached hydrogen (secondary N) is 2. The lowest BCUT2D eigenvalue weighted by Crippen LogP contribution is -2.47. The van der Waals surface area contributed by atoms with Crippen LogP contribution in [0.1, 0.15) is 12.8 Å². The van der Waals surface area contributed by atoms with Gasteiger partial charge in [-0.2, -0.15) is 0 Å². The summed E-state index contributed by atoms with van der Waals surface area (Å²) in [5.41, 5.74) is 4.67. The fraction of sp³-hybridized carbons (Fsp3) is 0.316. The Hall–Kier alpha value is -3.93. The highest BCUT2D eigenvalue weighted by atomic mass is 16.5. The second-order valence-electron chi connectivity index (χ2n) is 6.23. The molecule has 31 heavy (non-hydrogen) atoms. The summed E-state index contributed by atoms with van der Waals surface area (Å²) in [6, 6.07) is 1.77. The van der Waals surface area contributed by atoms with E-state index < -0.39 is 29.4 Å². The Kier molecular flexibility index (Phi) is 10.2. The van der Waals surface area contributed by atoms with Crippen molar-refractivity contribution in [1.82, 2.24) is 14.9 Å². The van der Waals surface area contributed by atoms with Crippen LogP contribution in [-0.2, 0) is 30.5 Å². The molecule has 0 aliphatic heterocycles. The van der Waals surface area contributed by atoms with Gasteiger partial charge < -0.3 is 35.5 Å². The van der Waals surface area contributed by atoms with E-state index in [9.17, 15) is 24.0 Å². The molecule has 0 radical (unpaired) electrons. The monoisotopic (exact) mass is 434 g/mol. The molecule has 0 aromatic carbocycles. The molecular formula is C19H26N6O6. The van der Waals surface area contributed by atoms with Gasteiger partial charge >= 0.3 is 5.97 Å². The topological polar surface area (TPSA) is 179 Å². The molecule has 0 aliphatic carbocycles. The number of ether oxygens (including phenoxy) is 1. The lowest BCUT2D eigenvalue weighted by Gasteiger charge is -2.21. The van der Waals surface area contributed by atoms with Crippen LogP contribution in [-0.4, -0.2) is 53.8 Å². The second kappa shape index (κ2) is 12.6. The number of nitrogens with two attached hydrogens (primary N) is 2. The first kappa shape index (κ1) is 25.1. The number of carbonyl (C=O) groups excluding carboxylic acids is 4. The number of anilines is 1. The molecule has 1 unspecified atom stereocenters. The molecule has 2 amide bonds. The maximum Gasteiger partial charge on any atom is 0.330 e. The number of nitrogens with zero attached hydrogens (tertiary/aromatic N) is 2. The van der Waals surface area contributed by atoms with Crippen molar-refractivity contribution in [2.45, 2.75) is 25.4 Å². The van der Waals surface area contributed by atoms with E-state index in [1.807, 2.05) is 0 Å². The van der Waals surface area contributed by atoms with Gasteiger partial charge in [0, 0.05) is 25.5 Å². The first-order valence-corrected chi connectivity index (χ1v) is 9.14. The molecule has 0 bridgehead atoms. The van der Waals surface area contributed by atoms with E-state index in [4.69, 9.17) is 11.6 Å². The minimum atomic E-state index is -1.09. The van der Waals surface area contributed by atoms with Gasteiger partial charge in [-0.1, -0.05) is 6.08 Å². The van der Waals surface area contributed by atoms with Crippen LogP contribution in [0.4, 0.5) is 5.69 Å². The molecule has 1 rings (SSSR count). The summed E-state index contributed by atoms with van der Waals surface area (Å²) >= 11 is 0. The van der Waals surface area contributed by atoms with Gasteiger partial charge in [0.1, 0.15) is 23.7 Å². The lowest BCUT2D eigenvalue weighted by atomic mass is 10.1. The van der Waals surface area contributed by atoms with Gasteiger partial charge in [-0.05, 0) is 25.0 Å². The number of aldehydes is 1. The molecule has 6 N–H and O–H groups in total. The van der Waals surface area contributed by atoms with Crippen LogP contribution < -0.4 is 27.8 Å². The highest BCUT2D eigenvalue weighted by molar-refractivity contribution is 6.00. The van der Waals surface area contributed by atoms with Crippen molar-refractivity contribution < 1.29 is 23.9 Å². The number of carbonyl (C=O) groups is 4. The Balaban J connectivity index is 3.04. The number of aromatic nitrogens is 1. The smallest absolute Gasteiger partial charge is 0.330 e. The van der Waals surface area contributed by atoms with Crippen molar-refractivity contribution in [1.29, 1.82) is 0 Å². The highest BCUT2D eigenvalue weighted by Crippen LogP contribution is 2.06. The maximum atomic E-state index is 12.8. The predicted molar refractivity (Wildman–Crippen MR) is 112 cm³/mol. The molecule has 12 nitrogen and oxygen atoms in total. The number of hydrogen-bond acceptors (Lipinski definition) is 9. The van der Waals surface area contributed by atoms with Crippen LogP contribution in [0.15, 0.2) is 47.2 Å². The van der Waals surface area contributed by atoms with Crippen molar-refractivity contribution in [2.75, 3.05) is 19.5 Å². The highest BCUT2D eigenvalue weighted by Gasteiger charge is 2.23. The zero-order valence-corrected chi connectivity index (χ0v) is 17.2. The average molecular weight is 434 g/mol. The van der Waals surface area contributed by atoms with E-state index in [1.165, 1.54) is 44.6 Å². The first-order valence-electron chi connectivity index (χ1n) is 9.14. The summed E-state index contributed by atoms with van der Waals surface area (Å²) < 4.78 is 5.61. The normalized spacial score (nSPS) is 12.2. The van der Waals surface area contributed by atoms with Crippen molar-refractivity contribution >= 4 is 29.8 Å². The summed E-state index contributed by atoms with van der Waals surface area (Å²) in [5.74, 6) is 3.59. The second-order valence-corrected chi connectivity index (χ2v) is 6.23. The van der Waals surface area contributed by atoms with Gasteiger partial charge in [-0.15, -0.1) is 0 Å². The molecule has 1 atom stereocenters. The quantitative estimate of drug-likeness (QED) is 0.107. The number of rotatable bonds is 11. The third-order valence-electron chi connectivity index (χ3n) is 4.02. The number of methoxy groups -OCH3 is 1. The molecule has 1 aromatic rings. The summed E-state index contributed by atoms with van der Waals surface area (Å²) in [7, 11) is 2.62. The molecule has 12 heteroatoms. The molecular weight excluding hydrogens is 408 g/mol. The third-order valence-corrected chi connectivity index (χ3v) is 4.02. The van der Waals surface area contributed by atoms with Gasteiger partial charge in [-0.25, -0.2) is 10.6 Å². The van der Waals surface area contributed by atoms with E-state index >= 15 is 0 Å². The van der Waals surface area contributed by atoms with Gasteiger partial charge in [0.05, 0.1) is 13.7 Å². The minimum Gasteiger partial charge on any atom is -0.466 e. The van der Waals surface area contributed by atoms with Gasteiger partial charge in [0.2, 0.25) is 5.91 Å². The Morgan fingerprint density at radius 1 is 1.35 bits per heavy atom. The van der Waals surface area contributed by atoms with Gasteiger partial charge in [0.25, 0.3) is 11.5 Å². The van der Waals surface area contributed by atoms with E-state index in [2.05, 4.69) is 15.4 Å². The number of pyridine rings is 1. The zero-order valence-electron chi connectivity index (χ0n) is 17.2. The van der Waals surface area contributed by atoms with Crippen LogP contribution in [0.2, 0.25) is 0 Å². The largest absolute Gasteiger partial charge is 0.466 e. The fourth-order valence-corrected chi connectivity index (χ4v) is 2.44. The van der Waals surface area contributed by atoms with Crippen molar-refractivity contribution in [3.8, 4) is 0 Å². The van der Waals surface area contributed by atoms with Crippen molar-refractivity contribution in [2.24, 2.45) is 11.6 Å². The fourth-order valence-electron chi connectivity index (χ4n) is 2.44. The number of likely N-dealkylation sites (N-methyl/N-ethyl adjacent to an activating group) is 1. The number of hydrogen-bond donors (Lipinski definition) is 4. The molecule has 0 saturated heterocycles. The third kappa shape index (κ3) is 7.78. The van der Waals surface area contributed by atoms with E-state index in [0.717, 1.165) is 15.8 Å².